The summed E-state index contributed by atoms with van der Waals surface area (Å²) >= 11 is 0. The van der Waals surface area contributed by atoms with Gasteiger partial charge in [0, 0.05) is 0 Å². The summed E-state index contributed by atoms with van der Waals surface area (Å²) in [6.07, 6.45) is 0. The number of carbonyl (C=O) groups is 1. The Morgan fingerprint density at radius 2 is 1.86 bits per heavy atom. The summed E-state index contributed by atoms with van der Waals surface area (Å²) in [6.45, 7) is 1.78. The topological polar surface area (TPSA) is 65.7 Å². The first-order chi connectivity index (χ1) is 10.7. The van der Waals surface area contributed by atoms with Gasteiger partial charge in [-0.1, -0.05) is 18.2 Å². The summed E-state index contributed by atoms with van der Waals surface area (Å²) in [4.78, 5) is 23.9. The number of esters is 1. The molecule has 5 nitrogen and oxygen atoms in total. The zero-order valence-corrected chi connectivity index (χ0v) is 12.0. The lowest BCUT2D eigenvalue weighted by Crippen LogP contribution is -2.15. The molecule has 0 N–H and O–H groups in total. The Morgan fingerprint density at radius 1 is 1.09 bits per heavy atom. The lowest BCUT2D eigenvalue weighted by atomic mass is 10.1. The first-order valence-corrected chi connectivity index (χ1v) is 6.93. The summed E-state index contributed by atoms with van der Waals surface area (Å²) in [5.74, 6) is -0.129. The van der Waals surface area contributed by atoms with Crippen LogP contribution < -0.4 is 10.2 Å². The van der Waals surface area contributed by atoms with Crippen molar-refractivity contribution in [3.63, 3.8) is 0 Å². The van der Waals surface area contributed by atoms with Crippen molar-refractivity contribution >= 4 is 27.9 Å². The molecule has 0 aliphatic carbocycles. The number of fused-ring (bicyclic) bond motifs is 2. The smallest absolute Gasteiger partial charge is 0.344 e. The highest BCUT2D eigenvalue weighted by Crippen LogP contribution is 2.26. The zero-order chi connectivity index (χ0) is 15.5. The molecule has 1 aromatic heterocycles. The maximum Gasteiger partial charge on any atom is 0.344 e. The third kappa shape index (κ3) is 2.53. The number of hydrogen-bond acceptors (Lipinski definition) is 5. The van der Waals surface area contributed by atoms with Crippen molar-refractivity contribution in [2.24, 2.45) is 0 Å². The van der Waals surface area contributed by atoms with E-state index in [4.69, 9.17) is 13.9 Å². The average molecular weight is 298 g/mol. The molecule has 0 saturated heterocycles. The van der Waals surface area contributed by atoms with Crippen LogP contribution in [0.1, 0.15) is 6.92 Å². The van der Waals surface area contributed by atoms with Gasteiger partial charge >= 0.3 is 5.97 Å². The number of carbonyl (C=O) groups excluding carboxylic acids is 1. The number of hydrogen-bond donors (Lipinski definition) is 0. The normalized spacial score (nSPS) is 10.8. The summed E-state index contributed by atoms with van der Waals surface area (Å²) in [7, 11) is 0. The highest BCUT2D eigenvalue weighted by molar-refractivity contribution is 5.92. The van der Waals surface area contributed by atoms with Crippen LogP contribution in [-0.2, 0) is 9.53 Å². The van der Waals surface area contributed by atoms with Gasteiger partial charge < -0.3 is 13.9 Å². The zero-order valence-electron chi connectivity index (χ0n) is 12.0. The largest absolute Gasteiger partial charge is 0.478 e. The molecule has 0 unspecified atom stereocenters. The molecule has 0 spiro atoms. The van der Waals surface area contributed by atoms with E-state index in [0.29, 0.717) is 27.7 Å². The van der Waals surface area contributed by atoms with Crippen LogP contribution in [-0.4, -0.2) is 19.2 Å². The first-order valence-electron chi connectivity index (χ1n) is 6.93. The fourth-order valence-electron chi connectivity index (χ4n) is 2.25. The second kappa shape index (κ2) is 5.89. The van der Waals surface area contributed by atoms with Gasteiger partial charge in [-0.15, -0.1) is 0 Å². The number of benzene rings is 2. The van der Waals surface area contributed by atoms with Crippen LogP contribution in [0.15, 0.2) is 51.7 Å². The molecule has 0 saturated carbocycles. The molecule has 1 heterocycles. The minimum absolute atomic E-state index is 0.126. The van der Waals surface area contributed by atoms with Gasteiger partial charge in [-0.25, -0.2) is 4.79 Å². The molecule has 2 aromatic carbocycles. The fourth-order valence-corrected chi connectivity index (χ4v) is 2.25. The maximum absolute atomic E-state index is 12.5. The van der Waals surface area contributed by atoms with E-state index >= 15 is 0 Å². The standard InChI is InChI=1S/C17H14O5/c1-2-20-15(18)10-21-14-9-5-7-12-16(19)11-6-3-4-8-13(11)22-17(12)14/h3-9H,2,10H2,1H3. The van der Waals surface area contributed by atoms with Gasteiger partial charge in [0.1, 0.15) is 5.58 Å². The molecule has 0 bridgehead atoms. The van der Waals surface area contributed by atoms with E-state index in [2.05, 4.69) is 0 Å². The van der Waals surface area contributed by atoms with E-state index in [1.165, 1.54) is 0 Å². The predicted molar refractivity (Wildman–Crippen MR) is 82.1 cm³/mol. The van der Waals surface area contributed by atoms with E-state index in [1.807, 2.05) is 0 Å². The van der Waals surface area contributed by atoms with E-state index < -0.39 is 5.97 Å². The van der Waals surface area contributed by atoms with Crippen molar-refractivity contribution < 1.29 is 18.7 Å². The van der Waals surface area contributed by atoms with E-state index in [0.717, 1.165) is 0 Å². The monoisotopic (exact) mass is 298 g/mol. The minimum Gasteiger partial charge on any atom is -0.478 e. The van der Waals surface area contributed by atoms with Crippen molar-refractivity contribution in [1.29, 1.82) is 0 Å². The van der Waals surface area contributed by atoms with Gasteiger partial charge in [0.2, 0.25) is 5.43 Å². The lowest BCUT2D eigenvalue weighted by Gasteiger charge is -2.08. The molecule has 112 valence electrons. The van der Waals surface area contributed by atoms with Crippen molar-refractivity contribution in [3.8, 4) is 5.75 Å². The predicted octanol–water partition coefficient (Wildman–Crippen LogP) is 2.89. The molecular formula is C17H14O5. The first kappa shape index (κ1) is 14.1. The summed E-state index contributed by atoms with van der Waals surface area (Å²) in [6, 6.07) is 12.0. The van der Waals surface area contributed by atoms with Crippen molar-refractivity contribution in [2.75, 3.05) is 13.2 Å². The number of rotatable bonds is 4. The van der Waals surface area contributed by atoms with Gasteiger partial charge in [0.25, 0.3) is 0 Å². The van der Waals surface area contributed by atoms with Crippen LogP contribution in [0.5, 0.6) is 5.75 Å². The second-order valence-electron chi connectivity index (χ2n) is 4.65. The molecule has 0 aliphatic rings. The van der Waals surface area contributed by atoms with Gasteiger partial charge in [-0.05, 0) is 31.2 Å². The molecule has 3 aromatic rings. The van der Waals surface area contributed by atoms with Crippen molar-refractivity contribution in [2.45, 2.75) is 6.92 Å². The molecule has 0 radical (unpaired) electrons. The lowest BCUT2D eigenvalue weighted by molar-refractivity contribution is -0.145. The van der Waals surface area contributed by atoms with Crippen LogP contribution in [0, 0.1) is 0 Å². The van der Waals surface area contributed by atoms with Crippen molar-refractivity contribution in [3.05, 3.63) is 52.7 Å². The third-order valence-corrected chi connectivity index (χ3v) is 3.22. The Labute approximate surface area is 126 Å². The quantitative estimate of drug-likeness (QED) is 0.547. The summed E-state index contributed by atoms with van der Waals surface area (Å²) < 4.78 is 16.0. The highest BCUT2D eigenvalue weighted by Gasteiger charge is 2.12. The van der Waals surface area contributed by atoms with Gasteiger partial charge in [0.05, 0.1) is 17.4 Å². The summed E-state index contributed by atoms with van der Waals surface area (Å²) in [5.41, 5.74) is 0.682. The molecule has 5 heteroatoms. The Hall–Kier alpha value is -2.82. The van der Waals surface area contributed by atoms with Crippen LogP contribution >= 0.6 is 0 Å². The van der Waals surface area contributed by atoms with Crippen LogP contribution in [0.25, 0.3) is 21.9 Å². The van der Waals surface area contributed by atoms with Gasteiger partial charge in [0.15, 0.2) is 17.9 Å². The van der Waals surface area contributed by atoms with Crippen molar-refractivity contribution in [1.82, 2.24) is 0 Å². The van der Waals surface area contributed by atoms with Gasteiger partial charge in [-0.3, -0.25) is 4.79 Å². The molecule has 0 atom stereocenters. The third-order valence-electron chi connectivity index (χ3n) is 3.22. The molecule has 3 rings (SSSR count). The Bertz CT molecular complexity index is 894. The van der Waals surface area contributed by atoms with Crippen LogP contribution in [0.4, 0.5) is 0 Å². The molecule has 22 heavy (non-hydrogen) atoms. The highest BCUT2D eigenvalue weighted by atomic mass is 16.6. The Morgan fingerprint density at radius 3 is 2.68 bits per heavy atom. The Balaban J connectivity index is 2.08. The minimum atomic E-state index is -0.470. The average Bonchev–Trinajstić information content (AvgIpc) is 2.54. The fraction of sp³-hybridized carbons (Fsp3) is 0.176. The molecule has 0 amide bonds. The molecule has 0 aliphatic heterocycles. The van der Waals surface area contributed by atoms with Crippen LogP contribution in [0.2, 0.25) is 0 Å². The van der Waals surface area contributed by atoms with E-state index in [9.17, 15) is 9.59 Å². The maximum atomic E-state index is 12.5. The SMILES string of the molecule is CCOC(=O)COc1cccc2c(=O)c3ccccc3oc12. The number of ether oxygens (including phenoxy) is 2. The molecular weight excluding hydrogens is 284 g/mol. The number of para-hydroxylation sites is 2. The van der Waals surface area contributed by atoms with Gasteiger partial charge in [-0.2, -0.15) is 0 Å². The molecule has 0 fully saturated rings. The van der Waals surface area contributed by atoms with E-state index in [1.54, 1.807) is 49.4 Å². The van der Waals surface area contributed by atoms with Crippen LogP contribution in [0.3, 0.4) is 0 Å². The van der Waals surface area contributed by atoms with E-state index in [-0.39, 0.29) is 18.6 Å². The Kier molecular flexibility index (Phi) is 3.78. The second-order valence-corrected chi connectivity index (χ2v) is 4.65. The summed E-state index contributed by atoms with van der Waals surface area (Å²) in [5, 5.41) is 0.928.